The quantitative estimate of drug-likeness (QED) is 0.636. The summed E-state index contributed by atoms with van der Waals surface area (Å²) in [6, 6.07) is 0. The van der Waals surface area contributed by atoms with E-state index in [0.29, 0.717) is 0 Å². The molecule has 2 nitrogen and oxygen atoms in total. The minimum atomic E-state index is -2.93. The van der Waals surface area contributed by atoms with E-state index in [1.165, 1.54) is 0 Å². The van der Waals surface area contributed by atoms with E-state index >= 15 is 0 Å². The highest BCUT2D eigenvalue weighted by atomic mass is 79.9. The molecule has 2 atom stereocenters. The molecule has 0 aromatic carbocycles. The Morgan fingerprint density at radius 1 is 1.60 bits per heavy atom. The zero-order valence-electron chi connectivity index (χ0n) is 4.85. The van der Waals surface area contributed by atoms with Crippen molar-refractivity contribution in [2.24, 2.45) is 0 Å². The zero-order valence-corrected chi connectivity index (χ0v) is 9.59. The fraction of sp³-hybridized carbons (Fsp3) is 1.00. The third-order valence-corrected chi connectivity index (χ3v) is 7.18. The van der Waals surface area contributed by atoms with Crippen molar-refractivity contribution in [2.45, 2.75) is 8.61 Å². The molecule has 60 valence electrons. The maximum atomic E-state index is 10.9. The van der Waals surface area contributed by atoms with E-state index in [2.05, 4.69) is 31.9 Å². The molecule has 0 spiro atoms. The number of alkyl halides is 3. The molecule has 0 aromatic heterocycles. The summed E-state index contributed by atoms with van der Waals surface area (Å²) in [7, 11) is -2.93. The number of rotatable bonds is 0. The second-order valence-electron chi connectivity index (χ2n) is 2.28. The molecular formula is C4H5Br2ClO2S. The van der Waals surface area contributed by atoms with Gasteiger partial charge in [0.1, 0.15) is 3.78 Å². The van der Waals surface area contributed by atoms with E-state index in [4.69, 9.17) is 11.6 Å². The molecule has 1 aliphatic heterocycles. The van der Waals surface area contributed by atoms with Crippen LogP contribution < -0.4 is 0 Å². The van der Waals surface area contributed by atoms with Crippen LogP contribution in [-0.4, -0.2) is 28.5 Å². The van der Waals surface area contributed by atoms with Gasteiger partial charge in [0, 0.05) is 0 Å². The summed E-state index contributed by atoms with van der Waals surface area (Å²) in [4.78, 5) is -0.188. The van der Waals surface area contributed by atoms with Gasteiger partial charge in [-0.25, -0.2) is 8.42 Å². The van der Waals surface area contributed by atoms with Crippen LogP contribution in [0.3, 0.4) is 0 Å². The first-order chi connectivity index (χ1) is 4.33. The number of sulfone groups is 1. The maximum absolute atomic E-state index is 10.9. The average Bonchev–Trinajstić information content (AvgIpc) is 1.73. The third-order valence-electron chi connectivity index (χ3n) is 1.27. The Morgan fingerprint density at radius 3 is 2.20 bits per heavy atom. The predicted octanol–water partition coefficient (Wildman–Crippen LogP) is 1.51. The monoisotopic (exact) mass is 310 g/mol. The first-order valence-electron chi connectivity index (χ1n) is 2.56. The molecule has 0 N–H and O–H groups in total. The van der Waals surface area contributed by atoms with Crippen LogP contribution in [0.5, 0.6) is 0 Å². The highest BCUT2D eigenvalue weighted by Gasteiger charge is 2.46. The molecule has 0 amide bonds. The van der Waals surface area contributed by atoms with Crippen LogP contribution in [0.1, 0.15) is 0 Å². The lowest BCUT2D eigenvalue weighted by molar-refractivity contribution is 0.602. The summed E-state index contributed by atoms with van der Waals surface area (Å²) in [6.07, 6.45) is 0. The van der Waals surface area contributed by atoms with Crippen molar-refractivity contribution in [3.63, 3.8) is 0 Å². The highest BCUT2D eigenvalue weighted by Crippen LogP contribution is 2.40. The van der Waals surface area contributed by atoms with Crippen molar-refractivity contribution in [3.8, 4) is 0 Å². The summed E-state index contributed by atoms with van der Waals surface area (Å²) in [5.41, 5.74) is 0. The molecular weight excluding hydrogens is 307 g/mol. The highest BCUT2D eigenvalue weighted by molar-refractivity contribution is 9.13. The SMILES string of the molecule is O=S1(=O)C[C@H](Br)[C@](Cl)(Br)C1. The van der Waals surface area contributed by atoms with E-state index in [1.807, 2.05) is 0 Å². The van der Waals surface area contributed by atoms with E-state index < -0.39 is 13.6 Å². The molecule has 1 aliphatic rings. The van der Waals surface area contributed by atoms with Gasteiger partial charge in [0.2, 0.25) is 0 Å². The first kappa shape index (κ1) is 9.29. The normalized spacial score (nSPS) is 45.7. The van der Waals surface area contributed by atoms with Gasteiger partial charge >= 0.3 is 0 Å². The van der Waals surface area contributed by atoms with E-state index in [0.717, 1.165) is 0 Å². The third kappa shape index (κ3) is 1.87. The summed E-state index contributed by atoms with van der Waals surface area (Å²) in [6.45, 7) is 0. The molecule has 0 aliphatic carbocycles. The zero-order chi connectivity index (χ0) is 7.99. The minimum absolute atomic E-state index is 0.00251. The molecule has 0 aromatic rings. The van der Waals surface area contributed by atoms with Crippen molar-refractivity contribution in [1.82, 2.24) is 0 Å². The molecule has 6 heteroatoms. The van der Waals surface area contributed by atoms with Crippen LogP contribution in [0, 0.1) is 0 Å². The van der Waals surface area contributed by atoms with Crippen molar-refractivity contribution < 1.29 is 8.42 Å². The molecule has 0 saturated carbocycles. The number of hydrogen-bond acceptors (Lipinski definition) is 2. The standard InChI is InChI=1S/C4H5Br2ClO2S/c5-3-1-10(8,9)2-4(3,6)7/h3H,1-2H2/t3-,4-/m0/s1. The lowest BCUT2D eigenvalue weighted by Crippen LogP contribution is -2.22. The van der Waals surface area contributed by atoms with Crippen molar-refractivity contribution in [2.75, 3.05) is 11.5 Å². The van der Waals surface area contributed by atoms with Gasteiger partial charge < -0.3 is 0 Å². The molecule has 0 bridgehead atoms. The molecule has 10 heavy (non-hydrogen) atoms. The average molecular weight is 312 g/mol. The van der Waals surface area contributed by atoms with E-state index in [-0.39, 0.29) is 16.3 Å². The predicted molar refractivity (Wildman–Crippen MR) is 48.9 cm³/mol. The Bertz CT molecular complexity index is 236. The Labute approximate surface area is 81.5 Å². The van der Waals surface area contributed by atoms with Crippen LogP contribution in [0.15, 0.2) is 0 Å². The van der Waals surface area contributed by atoms with Crippen LogP contribution in [0.4, 0.5) is 0 Å². The molecule has 1 rings (SSSR count). The van der Waals surface area contributed by atoms with Crippen LogP contribution >= 0.6 is 43.5 Å². The van der Waals surface area contributed by atoms with Crippen LogP contribution in [0.25, 0.3) is 0 Å². The van der Waals surface area contributed by atoms with Crippen molar-refractivity contribution >= 4 is 53.3 Å². The Kier molecular flexibility index (Phi) is 2.42. The van der Waals surface area contributed by atoms with Crippen molar-refractivity contribution in [3.05, 3.63) is 0 Å². The number of halogens is 3. The molecule has 0 unspecified atom stereocenters. The second kappa shape index (κ2) is 2.61. The Balaban J connectivity index is 2.92. The van der Waals surface area contributed by atoms with Gasteiger partial charge in [0.05, 0.1) is 16.3 Å². The van der Waals surface area contributed by atoms with Crippen molar-refractivity contribution in [1.29, 1.82) is 0 Å². The minimum Gasteiger partial charge on any atom is -0.229 e. The molecule has 1 fully saturated rings. The second-order valence-corrected chi connectivity index (χ2v) is 8.04. The van der Waals surface area contributed by atoms with Crippen LogP contribution in [0.2, 0.25) is 0 Å². The fourth-order valence-corrected chi connectivity index (χ4v) is 6.10. The summed E-state index contributed by atoms with van der Waals surface area (Å²) in [5.74, 6) is 0.110. The van der Waals surface area contributed by atoms with Crippen LogP contribution in [-0.2, 0) is 9.84 Å². The van der Waals surface area contributed by atoms with E-state index in [1.54, 1.807) is 0 Å². The van der Waals surface area contributed by atoms with Gasteiger partial charge in [-0.1, -0.05) is 31.9 Å². The van der Waals surface area contributed by atoms with Gasteiger partial charge in [-0.05, 0) is 0 Å². The van der Waals surface area contributed by atoms with Gasteiger partial charge in [-0.3, -0.25) is 0 Å². The van der Waals surface area contributed by atoms with Gasteiger partial charge in [0.25, 0.3) is 0 Å². The molecule has 0 radical (unpaired) electrons. The maximum Gasteiger partial charge on any atom is 0.154 e. The van der Waals surface area contributed by atoms with Gasteiger partial charge in [0.15, 0.2) is 9.84 Å². The number of hydrogen-bond donors (Lipinski definition) is 0. The lowest BCUT2D eigenvalue weighted by atomic mass is 10.4. The Morgan fingerprint density at radius 2 is 2.10 bits per heavy atom. The summed E-state index contributed by atoms with van der Waals surface area (Å²) < 4.78 is 21.0. The summed E-state index contributed by atoms with van der Waals surface area (Å²) >= 11 is 12.1. The summed E-state index contributed by atoms with van der Waals surface area (Å²) in [5, 5.41) is 0. The molecule has 1 heterocycles. The fourth-order valence-electron chi connectivity index (χ4n) is 0.787. The largest absolute Gasteiger partial charge is 0.229 e. The first-order valence-corrected chi connectivity index (χ1v) is 6.47. The van der Waals surface area contributed by atoms with E-state index in [9.17, 15) is 8.42 Å². The lowest BCUT2D eigenvalue weighted by Gasteiger charge is -2.12. The van der Waals surface area contributed by atoms with Gasteiger partial charge in [-0.15, -0.1) is 11.6 Å². The molecule has 1 saturated heterocycles. The smallest absolute Gasteiger partial charge is 0.154 e. The topological polar surface area (TPSA) is 34.1 Å². The Hall–Kier alpha value is 1.20. The van der Waals surface area contributed by atoms with Gasteiger partial charge in [-0.2, -0.15) is 0 Å².